The number of nitrogens with two attached hydrogens (primary N) is 1. The smallest absolute Gasteiger partial charge is 0.335 e. The molecule has 0 amide bonds. The van der Waals surface area contributed by atoms with Gasteiger partial charge in [0, 0.05) is 5.56 Å². The SMILES string of the molecule is Cl.NCCc1ccc(-c2ccc(C(=O)O)cc2O)cc1. The van der Waals surface area contributed by atoms with Crippen molar-refractivity contribution in [3.63, 3.8) is 0 Å². The first kappa shape index (κ1) is 16.0. The number of phenols is 1. The Morgan fingerprint density at radius 1 is 1.10 bits per heavy atom. The van der Waals surface area contributed by atoms with Gasteiger partial charge in [0.05, 0.1) is 5.56 Å². The van der Waals surface area contributed by atoms with Crippen molar-refractivity contribution in [1.29, 1.82) is 0 Å². The summed E-state index contributed by atoms with van der Waals surface area (Å²) in [7, 11) is 0. The van der Waals surface area contributed by atoms with Crippen molar-refractivity contribution in [2.24, 2.45) is 5.73 Å². The summed E-state index contributed by atoms with van der Waals surface area (Å²) in [5.74, 6) is -1.09. The number of benzene rings is 2. The van der Waals surface area contributed by atoms with Gasteiger partial charge in [0.25, 0.3) is 0 Å². The maximum atomic E-state index is 10.8. The number of hydrogen-bond donors (Lipinski definition) is 3. The molecule has 0 aromatic heterocycles. The summed E-state index contributed by atoms with van der Waals surface area (Å²) in [4.78, 5) is 10.8. The second-order valence-corrected chi connectivity index (χ2v) is 4.27. The van der Waals surface area contributed by atoms with E-state index in [9.17, 15) is 9.90 Å². The number of rotatable bonds is 4. The van der Waals surface area contributed by atoms with Crippen LogP contribution in [0.4, 0.5) is 0 Å². The second-order valence-electron chi connectivity index (χ2n) is 4.27. The van der Waals surface area contributed by atoms with E-state index in [1.807, 2.05) is 24.3 Å². The van der Waals surface area contributed by atoms with E-state index in [4.69, 9.17) is 10.8 Å². The van der Waals surface area contributed by atoms with Crippen LogP contribution in [0.2, 0.25) is 0 Å². The quantitative estimate of drug-likeness (QED) is 0.809. The van der Waals surface area contributed by atoms with Crippen molar-refractivity contribution >= 4 is 18.4 Å². The van der Waals surface area contributed by atoms with Crippen LogP contribution in [-0.2, 0) is 6.42 Å². The highest BCUT2D eigenvalue weighted by Gasteiger charge is 2.09. The summed E-state index contributed by atoms with van der Waals surface area (Å²) in [6.45, 7) is 0.595. The molecule has 2 rings (SSSR count). The molecule has 0 atom stereocenters. The summed E-state index contributed by atoms with van der Waals surface area (Å²) >= 11 is 0. The van der Waals surface area contributed by atoms with Crippen LogP contribution < -0.4 is 5.73 Å². The normalized spacial score (nSPS) is 9.85. The summed E-state index contributed by atoms with van der Waals surface area (Å²) < 4.78 is 0. The van der Waals surface area contributed by atoms with E-state index in [1.54, 1.807) is 6.07 Å². The average molecular weight is 294 g/mol. The summed E-state index contributed by atoms with van der Waals surface area (Å²) in [5.41, 5.74) is 8.14. The molecule has 4 nitrogen and oxygen atoms in total. The standard InChI is InChI=1S/C15H15NO3.ClH/c16-8-7-10-1-3-11(4-2-10)13-6-5-12(15(18)19)9-14(13)17;/h1-6,9,17H,7-8,16H2,(H,18,19);1H. The lowest BCUT2D eigenvalue weighted by Crippen LogP contribution is -2.02. The molecule has 20 heavy (non-hydrogen) atoms. The fourth-order valence-electron chi connectivity index (χ4n) is 1.93. The minimum absolute atomic E-state index is 0. The average Bonchev–Trinajstić information content (AvgIpc) is 2.40. The molecule has 0 fully saturated rings. The Kier molecular flexibility index (Phi) is 5.55. The van der Waals surface area contributed by atoms with Gasteiger partial charge in [-0.25, -0.2) is 4.79 Å². The van der Waals surface area contributed by atoms with Gasteiger partial charge >= 0.3 is 5.97 Å². The molecule has 2 aromatic carbocycles. The topological polar surface area (TPSA) is 83.6 Å². The van der Waals surface area contributed by atoms with Crippen LogP contribution in [0.3, 0.4) is 0 Å². The number of hydrogen-bond acceptors (Lipinski definition) is 3. The highest BCUT2D eigenvalue weighted by molar-refractivity contribution is 5.89. The van der Waals surface area contributed by atoms with E-state index < -0.39 is 5.97 Å². The third kappa shape index (κ3) is 3.50. The minimum Gasteiger partial charge on any atom is -0.507 e. The monoisotopic (exact) mass is 293 g/mol. The van der Waals surface area contributed by atoms with Gasteiger partial charge in [-0.3, -0.25) is 0 Å². The molecule has 0 bridgehead atoms. The Morgan fingerprint density at radius 2 is 1.75 bits per heavy atom. The largest absolute Gasteiger partial charge is 0.507 e. The molecular weight excluding hydrogens is 278 g/mol. The predicted molar refractivity (Wildman–Crippen MR) is 80.5 cm³/mol. The minimum atomic E-state index is -1.06. The Bertz CT molecular complexity index is 597. The molecule has 0 spiro atoms. The molecule has 0 saturated carbocycles. The number of phenolic OH excluding ortho intramolecular Hbond substituents is 1. The Labute approximate surface area is 123 Å². The van der Waals surface area contributed by atoms with Crippen LogP contribution in [0.1, 0.15) is 15.9 Å². The van der Waals surface area contributed by atoms with E-state index in [0.717, 1.165) is 17.5 Å². The summed E-state index contributed by atoms with van der Waals surface area (Å²) in [5, 5.41) is 18.7. The van der Waals surface area contributed by atoms with Gasteiger partial charge in [0.2, 0.25) is 0 Å². The van der Waals surface area contributed by atoms with Crippen molar-refractivity contribution in [3.8, 4) is 16.9 Å². The second kappa shape index (κ2) is 6.93. The zero-order valence-corrected chi connectivity index (χ0v) is 11.6. The molecule has 0 unspecified atom stereocenters. The molecule has 0 heterocycles. The van der Waals surface area contributed by atoms with Gasteiger partial charge in [-0.05, 0) is 42.3 Å². The van der Waals surface area contributed by atoms with Gasteiger partial charge in [-0.15, -0.1) is 12.4 Å². The zero-order valence-electron chi connectivity index (χ0n) is 10.7. The van der Waals surface area contributed by atoms with Crippen LogP contribution in [0.25, 0.3) is 11.1 Å². The summed E-state index contributed by atoms with van der Waals surface area (Å²) in [6.07, 6.45) is 0.810. The van der Waals surface area contributed by atoms with Crippen molar-refractivity contribution in [3.05, 3.63) is 53.6 Å². The number of carboxylic acid groups (broad SMARTS) is 1. The zero-order chi connectivity index (χ0) is 13.8. The van der Waals surface area contributed by atoms with E-state index in [2.05, 4.69) is 0 Å². The number of carboxylic acids is 1. The van der Waals surface area contributed by atoms with Crippen molar-refractivity contribution in [2.75, 3.05) is 6.54 Å². The van der Waals surface area contributed by atoms with Gasteiger partial charge in [-0.1, -0.05) is 24.3 Å². The molecule has 5 heteroatoms. The Balaban J connectivity index is 0.00000200. The van der Waals surface area contributed by atoms with Gasteiger partial charge in [0.15, 0.2) is 0 Å². The number of aromatic hydroxyl groups is 1. The van der Waals surface area contributed by atoms with E-state index in [0.29, 0.717) is 12.1 Å². The molecule has 106 valence electrons. The first-order valence-electron chi connectivity index (χ1n) is 5.97. The highest BCUT2D eigenvalue weighted by atomic mass is 35.5. The van der Waals surface area contributed by atoms with Crippen LogP contribution in [0, 0.1) is 0 Å². The van der Waals surface area contributed by atoms with E-state index >= 15 is 0 Å². The van der Waals surface area contributed by atoms with Crippen LogP contribution in [-0.4, -0.2) is 22.7 Å². The molecule has 2 aromatic rings. The van der Waals surface area contributed by atoms with Crippen LogP contribution in [0.5, 0.6) is 5.75 Å². The molecular formula is C15H16ClNO3. The highest BCUT2D eigenvalue weighted by Crippen LogP contribution is 2.30. The van der Waals surface area contributed by atoms with Crippen LogP contribution in [0.15, 0.2) is 42.5 Å². The Hall–Kier alpha value is -2.04. The maximum absolute atomic E-state index is 10.8. The predicted octanol–water partition coefficient (Wildman–Crippen LogP) is 2.68. The van der Waals surface area contributed by atoms with Crippen molar-refractivity contribution in [2.45, 2.75) is 6.42 Å². The first-order chi connectivity index (χ1) is 9.11. The van der Waals surface area contributed by atoms with E-state index in [-0.39, 0.29) is 23.7 Å². The maximum Gasteiger partial charge on any atom is 0.335 e. The third-order valence-corrected chi connectivity index (χ3v) is 2.94. The fraction of sp³-hybridized carbons (Fsp3) is 0.133. The molecule has 0 radical (unpaired) electrons. The van der Waals surface area contributed by atoms with Crippen LogP contribution >= 0.6 is 12.4 Å². The van der Waals surface area contributed by atoms with E-state index in [1.165, 1.54) is 12.1 Å². The lowest BCUT2D eigenvalue weighted by atomic mass is 10.0. The summed E-state index contributed by atoms with van der Waals surface area (Å²) in [6, 6.07) is 12.0. The third-order valence-electron chi connectivity index (χ3n) is 2.94. The number of carbonyl (C=O) groups is 1. The number of aromatic carboxylic acids is 1. The van der Waals surface area contributed by atoms with Crippen molar-refractivity contribution in [1.82, 2.24) is 0 Å². The molecule has 4 N–H and O–H groups in total. The lowest BCUT2D eigenvalue weighted by Gasteiger charge is -2.07. The molecule has 0 aliphatic heterocycles. The van der Waals surface area contributed by atoms with Crippen molar-refractivity contribution < 1.29 is 15.0 Å². The Morgan fingerprint density at radius 3 is 2.25 bits per heavy atom. The van der Waals surface area contributed by atoms with Gasteiger partial charge in [-0.2, -0.15) is 0 Å². The fourth-order valence-corrected chi connectivity index (χ4v) is 1.93. The lowest BCUT2D eigenvalue weighted by molar-refractivity contribution is 0.0696. The van der Waals surface area contributed by atoms with Gasteiger partial charge in [0.1, 0.15) is 5.75 Å². The first-order valence-corrected chi connectivity index (χ1v) is 5.97. The molecule has 0 saturated heterocycles. The molecule has 0 aliphatic rings. The number of halogens is 1. The molecule has 0 aliphatic carbocycles. The van der Waals surface area contributed by atoms with Gasteiger partial charge < -0.3 is 15.9 Å².